The van der Waals surface area contributed by atoms with Crippen LogP contribution >= 0.6 is 0 Å². The zero-order valence-corrected chi connectivity index (χ0v) is 23.1. The van der Waals surface area contributed by atoms with Crippen molar-refractivity contribution in [1.29, 1.82) is 0 Å². The lowest BCUT2D eigenvalue weighted by Crippen LogP contribution is -2.45. The Bertz CT molecular complexity index is 1590. The van der Waals surface area contributed by atoms with Gasteiger partial charge in [0.25, 0.3) is 15.9 Å². The second-order valence-corrected chi connectivity index (χ2v) is 13.1. The minimum Gasteiger partial charge on any atom is -0.493 e. The van der Waals surface area contributed by atoms with Crippen LogP contribution in [0.1, 0.15) is 49.9 Å². The summed E-state index contributed by atoms with van der Waals surface area (Å²) < 4.78 is 54.3. The second kappa shape index (κ2) is 9.72. The number of nitrogen functional groups attached to an aromatic ring is 1. The maximum Gasteiger partial charge on any atom is 0.281 e. The molecule has 3 aliphatic carbocycles. The van der Waals surface area contributed by atoms with Crippen molar-refractivity contribution < 1.29 is 27.1 Å². The van der Waals surface area contributed by atoms with Gasteiger partial charge in [-0.15, -0.1) is 0 Å². The summed E-state index contributed by atoms with van der Waals surface area (Å²) in [5.74, 6) is 0.375. The number of rotatable bonds is 9. The fourth-order valence-electron chi connectivity index (χ4n) is 6.22. The Labute approximate surface area is 232 Å². The summed E-state index contributed by atoms with van der Waals surface area (Å²) in [7, 11) is -4.31. The summed E-state index contributed by atoms with van der Waals surface area (Å²) in [5.41, 5.74) is 6.75. The fraction of sp³-hybridized carbons (Fsp3) is 0.414. The van der Waals surface area contributed by atoms with E-state index in [1.807, 2.05) is 18.6 Å². The number of sulfonamides is 1. The van der Waals surface area contributed by atoms with E-state index in [2.05, 4.69) is 9.97 Å². The number of nitrogens with two attached hydrogens (primary N) is 1. The van der Waals surface area contributed by atoms with E-state index >= 15 is 0 Å². The molecule has 3 saturated carbocycles. The van der Waals surface area contributed by atoms with Gasteiger partial charge in [0.15, 0.2) is 5.03 Å². The lowest BCUT2D eigenvalue weighted by atomic mass is 9.68. The highest BCUT2D eigenvalue weighted by molar-refractivity contribution is 7.90. The first-order chi connectivity index (χ1) is 19.0. The molecule has 9 nitrogen and oxygen atoms in total. The largest absolute Gasteiger partial charge is 0.493 e. The average molecular weight is 567 g/mol. The number of ether oxygens (including phenoxy) is 2. The van der Waals surface area contributed by atoms with E-state index in [4.69, 9.17) is 15.2 Å². The van der Waals surface area contributed by atoms with Crippen LogP contribution < -0.4 is 19.9 Å². The lowest BCUT2D eigenvalue weighted by molar-refractivity contribution is -0.0250. The molecule has 3 aliphatic rings. The normalized spacial score (nSPS) is 24.6. The van der Waals surface area contributed by atoms with Crippen LogP contribution in [0.3, 0.4) is 0 Å². The van der Waals surface area contributed by atoms with Crippen LogP contribution in [-0.4, -0.2) is 37.0 Å². The molecule has 0 radical (unpaired) electrons. The summed E-state index contributed by atoms with van der Waals surface area (Å²) in [6.45, 7) is 4.42. The van der Waals surface area contributed by atoms with Crippen LogP contribution in [0.2, 0.25) is 0 Å². The number of aromatic nitrogens is 2. The molecule has 3 N–H and O–H groups in total. The van der Waals surface area contributed by atoms with Gasteiger partial charge >= 0.3 is 0 Å². The van der Waals surface area contributed by atoms with Crippen LogP contribution in [0.5, 0.6) is 11.6 Å². The maximum atomic E-state index is 14.5. The molecular formula is C29H31FN4O5S. The highest BCUT2D eigenvalue weighted by atomic mass is 32.2. The van der Waals surface area contributed by atoms with Gasteiger partial charge in [-0.2, -0.15) is 8.42 Å². The van der Waals surface area contributed by atoms with Crippen molar-refractivity contribution in [3.05, 3.63) is 59.9 Å². The maximum absolute atomic E-state index is 14.5. The number of pyridine rings is 2. The van der Waals surface area contributed by atoms with Gasteiger partial charge in [0.2, 0.25) is 5.88 Å². The van der Waals surface area contributed by atoms with E-state index < -0.39 is 21.7 Å². The molecule has 210 valence electrons. The van der Waals surface area contributed by atoms with Gasteiger partial charge in [-0.1, -0.05) is 19.9 Å². The van der Waals surface area contributed by atoms with Crippen LogP contribution in [0.25, 0.3) is 11.3 Å². The summed E-state index contributed by atoms with van der Waals surface area (Å²) in [4.78, 5) is 21.7. The first-order valence-corrected chi connectivity index (χ1v) is 14.9. The number of carbonyl (C=O) groups excluding carboxylic acids is 1. The summed E-state index contributed by atoms with van der Waals surface area (Å²) >= 11 is 0. The topological polar surface area (TPSA) is 134 Å². The first-order valence-electron chi connectivity index (χ1n) is 13.5. The molecule has 0 aliphatic heterocycles. The zero-order chi connectivity index (χ0) is 28.2. The molecular weight excluding hydrogens is 535 g/mol. The van der Waals surface area contributed by atoms with Gasteiger partial charge in [0.05, 0.1) is 12.3 Å². The number of nitrogens with zero attached hydrogens (tertiary/aromatic N) is 2. The second-order valence-electron chi connectivity index (χ2n) is 11.4. The SMILES string of the molecule is CC(C)COc1cc(F)cc(-c2ccc(C(=O)NS(=O)(=O)c3cccc(N)n3)c(OC3CC45CC4CCC35)n2)c1. The molecule has 6 rings (SSSR count). The number of halogens is 1. The van der Waals surface area contributed by atoms with Crippen molar-refractivity contribution in [1.82, 2.24) is 14.7 Å². The predicted molar refractivity (Wildman–Crippen MR) is 146 cm³/mol. The quantitative estimate of drug-likeness (QED) is 0.384. The molecule has 4 atom stereocenters. The molecule has 1 aromatic carbocycles. The van der Waals surface area contributed by atoms with Crippen LogP contribution in [-0.2, 0) is 10.0 Å². The number of benzene rings is 1. The smallest absolute Gasteiger partial charge is 0.281 e. The number of hydrogen-bond acceptors (Lipinski definition) is 8. The van der Waals surface area contributed by atoms with E-state index in [0.717, 1.165) is 18.8 Å². The molecule has 1 amide bonds. The molecule has 40 heavy (non-hydrogen) atoms. The number of nitrogens with one attached hydrogen (secondary N) is 1. The minimum absolute atomic E-state index is 0.00333. The number of anilines is 1. The van der Waals surface area contributed by atoms with E-state index in [1.165, 1.54) is 55.3 Å². The Balaban J connectivity index is 1.32. The minimum atomic E-state index is -4.31. The highest BCUT2D eigenvalue weighted by Gasteiger charge is 2.72. The Kier molecular flexibility index (Phi) is 6.44. The van der Waals surface area contributed by atoms with E-state index in [-0.39, 0.29) is 34.3 Å². The van der Waals surface area contributed by atoms with Crippen LogP contribution in [0.4, 0.5) is 10.2 Å². The Morgan fingerprint density at radius 3 is 2.70 bits per heavy atom. The van der Waals surface area contributed by atoms with Crippen molar-refractivity contribution >= 4 is 21.7 Å². The van der Waals surface area contributed by atoms with Gasteiger partial charge in [-0.05, 0) is 79.3 Å². The molecule has 0 saturated heterocycles. The molecule has 3 aromatic rings. The first kappa shape index (κ1) is 26.5. The molecule has 1 spiro atoms. The van der Waals surface area contributed by atoms with Crippen molar-refractivity contribution in [3.8, 4) is 22.9 Å². The average Bonchev–Trinajstić information content (AvgIpc) is 3.55. The number of amides is 1. The Morgan fingerprint density at radius 1 is 1.15 bits per heavy atom. The predicted octanol–water partition coefficient (Wildman–Crippen LogP) is 4.59. The van der Waals surface area contributed by atoms with Crippen molar-refractivity contribution in [2.45, 2.75) is 50.7 Å². The summed E-state index contributed by atoms with van der Waals surface area (Å²) in [6, 6.07) is 11.4. The van der Waals surface area contributed by atoms with Gasteiger partial charge in [-0.3, -0.25) is 4.79 Å². The van der Waals surface area contributed by atoms with Crippen LogP contribution in [0.15, 0.2) is 53.6 Å². The third kappa shape index (κ3) is 4.87. The zero-order valence-electron chi connectivity index (χ0n) is 22.3. The third-order valence-corrected chi connectivity index (χ3v) is 9.47. The van der Waals surface area contributed by atoms with E-state index in [1.54, 1.807) is 6.07 Å². The van der Waals surface area contributed by atoms with Gasteiger partial charge in [0, 0.05) is 17.5 Å². The molecule has 2 heterocycles. The van der Waals surface area contributed by atoms with Crippen molar-refractivity contribution in [2.24, 2.45) is 23.2 Å². The monoisotopic (exact) mass is 566 g/mol. The molecule has 4 unspecified atom stereocenters. The van der Waals surface area contributed by atoms with Gasteiger partial charge in [-0.25, -0.2) is 19.1 Å². The molecule has 2 aromatic heterocycles. The molecule has 0 bridgehead atoms. The van der Waals surface area contributed by atoms with Gasteiger partial charge < -0.3 is 15.2 Å². The fourth-order valence-corrected chi connectivity index (χ4v) is 7.17. The Morgan fingerprint density at radius 2 is 1.98 bits per heavy atom. The third-order valence-electron chi connectivity index (χ3n) is 8.24. The van der Waals surface area contributed by atoms with E-state index in [9.17, 15) is 17.6 Å². The number of hydrogen-bond donors (Lipinski definition) is 2. The van der Waals surface area contributed by atoms with Gasteiger partial charge in [0.1, 0.15) is 29.1 Å². The lowest BCUT2D eigenvalue weighted by Gasteiger charge is -2.43. The van der Waals surface area contributed by atoms with Crippen molar-refractivity contribution in [2.75, 3.05) is 12.3 Å². The van der Waals surface area contributed by atoms with Crippen LogP contribution in [0, 0.1) is 29.0 Å². The standard InChI is InChI=1S/C29H31FN4O5S/c1-16(2)15-38-20-11-17(10-19(30)12-20)23-9-7-21(27(35)34-40(36,37)26-5-3-4-25(31)33-26)28(32-23)39-24-14-29-13-18(29)6-8-22(24)29/h3-5,7,9-12,16,18,22,24H,6,8,13-15H2,1-2H3,(H2,31,33)(H,34,35). The summed E-state index contributed by atoms with van der Waals surface area (Å²) in [5, 5.41) is -0.381. The Hall–Kier alpha value is -3.73. The molecule has 11 heteroatoms. The molecule has 3 fully saturated rings. The van der Waals surface area contributed by atoms with E-state index in [0.29, 0.717) is 34.9 Å². The summed E-state index contributed by atoms with van der Waals surface area (Å²) in [6.07, 6.45) is 4.22. The van der Waals surface area contributed by atoms with Crippen molar-refractivity contribution in [3.63, 3.8) is 0 Å². The number of carbonyl (C=O) groups is 1. The highest BCUT2D eigenvalue weighted by Crippen LogP contribution is 2.76.